The highest BCUT2D eigenvalue weighted by atomic mass is 28.4. The van der Waals surface area contributed by atoms with Gasteiger partial charge < -0.3 is 10.2 Å². The molecule has 148 valence electrons. The SMILES string of the molecule is CC(=O)c1cnc2c(N)c(-c3cccc(CO[Si](C)(C)C(C)(C)C)c3)ccn12. The molecule has 0 aliphatic carbocycles. The summed E-state index contributed by atoms with van der Waals surface area (Å²) < 4.78 is 8.10. The minimum Gasteiger partial charge on any atom is -0.413 e. The first-order valence-electron chi connectivity index (χ1n) is 9.51. The number of nitrogens with two attached hydrogens (primary N) is 1. The van der Waals surface area contributed by atoms with Gasteiger partial charge in [-0.3, -0.25) is 9.20 Å². The fraction of sp³-hybridized carbons (Fsp3) is 0.364. The fourth-order valence-electron chi connectivity index (χ4n) is 2.89. The van der Waals surface area contributed by atoms with E-state index in [2.05, 4.69) is 51.0 Å². The minimum atomic E-state index is -1.81. The first-order chi connectivity index (χ1) is 13.0. The van der Waals surface area contributed by atoms with Gasteiger partial charge in [-0.25, -0.2) is 4.98 Å². The van der Waals surface area contributed by atoms with E-state index in [0.29, 0.717) is 23.6 Å². The van der Waals surface area contributed by atoms with E-state index in [1.165, 1.54) is 6.92 Å². The van der Waals surface area contributed by atoms with E-state index in [-0.39, 0.29) is 10.8 Å². The smallest absolute Gasteiger partial charge is 0.192 e. The summed E-state index contributed by atoms with van der Waals surface area (Å²) in [5.74, 6) is -0.0376. The monoisotopic (exact) mass is 395 g/mol. The molecule has 6 heteroatoms. The van der Waals surface area contributed by atoms with Gasteiger partial charge in [0, 0.05) is 18.7 Å². The van der Waals surface area contributed by atoms with Gasteiger partial charge in [-0.15, -0.1) is 0 Å². The number of imidazole rings is 1. The average molecular weight is 396 g/mol. The number of aromatic nitrogens is 2. The van der Waals surface area contributed by atoms with Gasteiger partial charge in [0.05, 0.1) is 18.5 Å². The number of Topliss-reactive ketones (excluding diaryl/α,β-unsaturated/α-hetero) is 1. The molecule has 0 saturated carbocycles. The van der Waals surface area contributed by atoms with Crippen molar-refractivity contribution in [2.45, 2.75) is 52.4 Å². The van der Waals surface area contributed by atoms with E-state index in [0.717, 1.165) is 16.7 Å². The first-order valence-corrected chi connectivity index (χ1v) is 12.4. The van der Waals surface area contributed by atoms with Gasteiger partial charge in [0.15, 0.2) is 19.7 Å². The number of carbonyl (C=O) groups is 1. The zero-order chi connectivity index (χ0) is 20.7. The van der Waals surface area contributed by atoms with Crippen LogP contribution in [-0.2, 0) is 11.0 Å². The zero-order valence-electron chi connectivity index (χ0n) is 17.5. The second kappa shape index (κ2) is 7.18. The van der Waals surface area contributed by atoms with Crippen LogP contribution in [0.25, 0.3) is 16.8 Å². The largest absolute Gasteiger partial charge is 0.413 e. The lowest BCUT2D eigenvalue weighted by Gasteiger charge is -2.36. The van der Waals surface area contributed by atoms with Gasteiger partial charge in [0.2, 0.25) is 0 Å². The highest BCUT2D eigenvalue weighted by molar-refractivity contribution is 6.74. The Morgan fingerprint density at radius 1 is 1.25 bits per heavy atom. The molecule has 0 aliphatic heterocycles. The Bertz CT molecular complexity index is 1030. The zero-order valence-corrected chi connectivity index (χ0v) is 18.5. The number of pyridine rings is 1. The molecule has 2 aromatic heterocycles. The molecular formula is C22H29N3O2Si. The number of rotatable bonds is 5. The second-order valence-corrected chi connectivity index (χ2v) is 13.6. The molecule has 0 bridgehead atoms. The molecule has 0 atom stereocenters. The summed E-state index contributed by atoms with van der Waals surface area (Å²) in [4.78, 5) is 16.1. The van der Waals surface area contributed by atoms with Crippen LogP contribution < -0.4 is 5.73 Å². The summed E-state index contributed by atoms with van der Waals surface area (Å²) in [5, 5.41) is 0.176. The number of benzene rings is 1. The maximum Gasteiger partial charge on any atom is 0.192 e. The van der Waals surface area contributed by atoms with Gasteiger partial charge in [0.25, 0.3) is 0 Å². The Kier molecular flexibility index (Phi) is 5.21. The molecule has 0 fully saturated rings. The van der Waals surface area contributed by atoms with Crippen molar-refractivity contribution in [2.75, 3.05) is 5.73 Å². The molecule has 3 aromatic rings. The Morgan fingerprint density at radius 3 is 2.61 bits per heavy atom. The van der Waals surface area contributed by atoms with Crippen LogP contribution in [-0.4, -0.2) is 23.5 Å². The normalized spacial score (nSPS) is 12.5. The van der Waals surface area contributed by atoms with Crippen LogP contribution in [0.15, 0.2) is 42.7 Å². The standard InChI is InChI=1S/C22H29N3O2Si/c1-15(26)19-13-24-21-20(23)18(10-11-25(19)21)17-9-7-8-16(12-17)14-27-28(5,6)22(2,3)4/h7-13H,14,23H2,1-6H3. The molecule has 0 aliphatic rings. The van der Waals surface area contributed by atoms with Crippen molar-refractivity contribution in [3.8, 4) is 11.1 Å². The molecule has 3 rings (SSSR count). The van der Waals surface area contributed by atoms with Crippen LogP contribution in [0, 0.1) is 0 Å². The molecule has 0 unspecified atom stereocenters. The molecule has 0 radical (unpaired) electrons. The number of hydrogen-bond acceptors (Lipinski definition) is 4. The van der Waals surface area contributed by atoms with Crippen LogP contribution in [0.1, 0.15) is 43.7 Å². The maximum atomic E-state index is 11.7. The Labute approximate surface area is 167 Å². The summed E-state index contributed by atoms with van der Waals surface area (Å²) in [6.45, 7) is 13.4. The molecule has 2 heterocycles. The lowest BCUT2D eigenvalue weighted by Crippen LogP contribution is -2.40. The molecular weight excluding hydrogens is 366 g/mol. The van der Waals surface area contributed by atoms with Crippen LogP contribution in [0.5, 0.6) is 0 Å². The van der Waals surface area contributed by atoms with E-state index >= 15 is 0 Å². The lowest BCUT2D eigenvalue weighted by molar-refractivity contribution is 0.101. The van der Waals surface area contributed by atoms with Crippen molar-refractivity contribution in [1.29, 1.82) is 0 Å². The summed E-state index contributed by atoms with van der Waals surface area (Å²) in [6.07, 6.45) is 3.42. The predicted octanol–water partition coefficient (Wildman–Crippen LogP) is 5.31. The van der Waals surface area contributed by atoms with Crippen molar-refractivity contribution in [3.63, 3.8) is 0 Å². The molecule has 5 nitrogen and oxygen atoms in total. The molecule has 0 spiro atoms. The number of hydrogen-bond donors (Lipinski definition) is 1. The lowest BCUT2D eigenvalue weighted by atomic mass is 10.0. The van der Waals surface area contributed by atoms with Gasteiger partial charge in [-0.1, -0.05) is 39.0 Å². The summed E-state index contributed by atoms with van der Waals surface area (Å²) in [5.41, 5.74) is 11.1. The van der Waals surface area contributed by atoms with Crippen LogP contribution in [0.2, 0.25) is 18.1 Å². The number of nitrogen functional groups attached to an aromatic ring is 1. The number of carbonyl (C=O) groups excluding carboxylic acids is 1. The number of ketones is 1. The van der Waals surface area contributed by atoms with E-state index in [1.54, 1.807) is 10.6 Å². The Morgan fingerprint density at radius 2 is 1.96 bits per heavy atom. The number of anilines is 1. The van der Waals surface area contributed by atoms with Crippen molar-refractivity contribution < 1.29 is 9.22 Å². The number of nitrogens with zero attached hydrogens (tertiary/aromatic N) is 2. The van der Waals surface area contributed by atoms with Crippen molar-refractivity contribution in [2.24, 2.45) is 0 Å². The van der Waals surface area contributed by atoms with Crippen molar-refractivity contribution in [3.05, 3.63) is 54.0 Å². The highest BCUT2D eigenvalue weighted by Crippen LogP contribution is 2.37. The number of fused-ring (bicyclic) bond motifs is 1. The van der Waals surface area contributed by atoms with E-state index in [4.69, 9.17) is 10.2 Å². The Balaban J connectivity index is 1.92. The third-order valence-corrected chi connectivity index (χ3v) is 10.2. The second-order valence-electron chi connectivity index (χ2n) is 8.79. The summed E-state index contributed by atoms with van der Waals surface area (Å²) >= 11 is 0. The van der Waals surface area contributed by atoms with Crippen molar-refractivity contribution in [1.82, 2.24) is 9.38 Å². The minimum absolute atomic E-state index is 0.0376. The Hall–Kier alpha value is -2.44. The van der Waals surface area contributed by atoms with Crippen molar-refractivity contribution >= 4 is 25.4 Å². The maximum absolute atomic E-state index is 11.7. The van der Waals surface area contributed by atoms with Gasteiger partial charge in [0.1, 0.15) is 5.69 Å². The summed E-state index contributed by atoms with van der Waals surface area (Å²) in [6, 6.07) is 10.2. The predicted molar refractivity (Wildman–Crippen MR) is 117 cm³/mol. The van der Waals surface area contributed by atoms with E-state index in [1.807, 2.05) is 24.4 Å². The van der Waals surface area contributed by atoms with E-state index < -0.39 is 8.32 Å². The topological polar surface area (TPSA) is 69.6 Å². The first kappa shape index (κ1) is 20.3. The third-order valence-electron chi connectivity index (χ3n) is 5.72. The average Bonchev–Trinajstić information content (AvgIpc) is 3.05. The highest BCUT2D eigenvalue weighted by Gasteiger charge is 2.37. The molecule has 0 amide bonds. The van der Waals surface area contributed by atoms with Gasteiger partial charge in [-0.2, -0.15) is 0 Å². The molecule has 0 saturated heterocycles. The van der Waals surface area contributed by atoms with Crippen LogP contribution >= 0.6 is 0 Å². The fourth-order valence-corrected chi connectivity index (χ4v) is 3.85. The molecule has 1 aromatic carbocycles. The molecule has 2 N–H and O–H groups in total. The van der Waals surface area contributed by atoms with Gasteiger partial charge in [-0.05, 0) is 41.4 Å². The quantitative estimate of drug-likeness (QED) is 0.469. The van der Waals surface area contributed by atoms with Gasteiger partial charge >= 0.3 is 0 Å². The molecule has 28 heavy (non-hydrogen) atoms. The summed E-state index contributed by atoms with van der Waals surface area (Å²) in [7, 11) is -1.81. The third kappa shape index (κ3) is 3.75. The van der Waals surface area contributed by atoms with Crippen LogP contribution in [0.3, 0.4) is 0 Å². The van der Waals surface area contributed by atoms with Crippen LogP contribution in [0.4, 0.5) is 5.69 Å². The van der Waals surface area contributed by atoms with E-state index in [9.17, 15) is 4.79 Å².